The van der Waals surface area contributed by atoms with Gasteiger partial charge in [-0.3, -0.25) is 4.79 Å². The molecule has 20 heavy (non-hydrogen) atoms. The molecule has 2 aliphatic carbocycles. The van der Waals surface area contributed by atoms with Gasteiger partial charge in [0.25, 0.3) is 0 Å². The van der Waals surface area contributed by atoms with Gasteiger partial charge in [0.2, 0.25) is 5.79 Å². The Morgan fingerprint density at radius 1 is 1.35 bits per heavy atom. The van der Waals surface area contributed by atoms with Crippen LogP contribution >= 0.6 is 0 Å². The fourth-order valence-electron chi connectivity index (χ4n) is 3.98. The van der Waals surface area contributed by atoms with Crippen molar-refractivity contribution in [3.63, 3.8) is 0 Å². The van der Waals surface area contributed by atoms with E-state index < -0.39 is 5.79 Å². The molecule has 3 aliphatic rings. The number of esters is 1. The lowest BCUT2D eigenvalue weighted by molar-refractivity contribution is -0.209. The van der Waals surface area contributed by atoms with Crippen LogP contribution in [-0.2, 0) is 19.1 Å². The summed E-state index contributed by atoms with van der Waals surface area (Å²) in [6.07, 6.45) is 3.18. The molecule has 0 aromatic heterocycles. The molecule has 0 spiro atoms. The standard InChI is InChI=1S/C16H20O4/c1-8-5-12-11(6-13(8)17)9(2)7-16(19-4)14(12)10(3)15(18)20-16/h5,9,11-12H,6-7H2,1-4H3/t9-,11-,12-,16-/m0/s1. The minimum absolute atomic E-state index is 0.0721. The summed E-state index contributed by atoms with van der Waals surface area (Å²) < 4.78 is 11.2. The Labute approximate surface area is 118 Å². The van der Waals surface area contributed by atoms with Crippen molar-refractivity contribution < 1.29 is 19.1 Å². The van der Waals surface area contributed by atoms with Gasteiger partial charge >= 0.3 is 5.97 Å². The van der Waals surface area contributed by atoms with Crippen LogP contribution in [0.2, 0.25) is 0 Å². The van der Waals surface area contributed by atoms with E-state index in [2.05, 4.69) is 6.92 Å². The van der Waals surface area contributed by atoms with Crippen LogP contribution in [0, 0.1) is 17.8 Å². The molecule has 0 aromatic carbocycles. The van der Waals surface area contributed by atoms with Crippen molar-refractivity contribution in [3.05, 3.63) is 22.8 Å². The molecule has 4 nitrogen and oxygen atoms in total. The number of ether oxygens (including phenoxy) is 2. The predicted octanol–water partition coefficient (Wildman–Crippen LogP) is 2.39. The van der Waals surface area contributed by atoms with Crippen LogP contribution in [0.3, 0.4) is 0 Å². The third kappa shape index (κ3) is 1.64. The van der Waals surface area contributed by atoms with Crippen molar-refractivity contribution >= 4 is 11.8 Å². The Balaban J connectivity index is 2.16. The van der Waals surface area contributed by atoms with Crippen molar-refractivity contribution in [2.75, 3.05) is 7.11 Å². The highest BCUT2D eigenvalue weighted by Crippen LogP contribution is 2.54. The van der Waals surface area contributed by atoms with Crippen LogP contribution in [-0.4, -0.2) is 24.6 Å². The largest absolute Gasteiger partial charge is 0.426 e. The van der Waals surface area contributed by atoms with E-state index >= 15 is 0 Å². The molecule has 1 heterocycles. The van der Waals surface area contributed by atoms with Crippen LogP contribution in [0.4, 0.5) is 0 Å². The maximum absolute atomic E-state index is 12.0. The molecule has 0 bridgehead atoms. The van der Waals surface area contributed by atoms with Gasteiger partial charge in [-0.05, 0) is 31.3 Å². The molecule has 4 heteroatoms. The molecule has 108 valence electrons. The van der Waals surface area contributed by atoms with Crippen LogP contribution in [0.5, 0.6) is 0 Å². The minimum Gasteiger partial charge on any atom is -0.426 e. The summed E-state index contributed by atoms with van der Waals surface area (Å²) >= 11 is 0. The topological polar surface area (TPSA) is 52.6 Å². The number of carbonyl (C=O) groups is 2. The van der Waals surface area contributed by atoms with Crippen LogP contribution in [0.15, 0.2) is 22.8 Å². The van der Waals surface area contributed by atoms with E-state index in [1.807, 2.05) is 13.0 Å². The van der Waals surface area contributed by atoms with Gasteiger partial charge in [0.1, 0.15) is 0 Å². The minimum atomic E-state index is -0.918. The van der Waals surface area contributed by atoms with E-state index in [9.17, 15) is 9.59 Å². The van der Waals surface area contributed by atoms with Gasteiger partial charge in [0.15, 0.2) is 5.78 Å². The molecule has 0 aromatic rings. The number of hydrogen-bond donors (Lipinski definition) is 0. The van der Waals surface area contributed by atoms with Crippen molar-refractivity contribution in [2.45, 2.75) is 39.4 Å². The molecule has 4 atom stereocenters. The lowest BCUT2D eigenvalue weighted by Gasteiger charge is -2.46. The highest BCUT2D eigenvalue weighted by atomic mass is 16.7. The molecule has 0 amide bonds. The average Bonchev–Trinajstić information content (AvgIpc) is 2.65. The molecule has 1 fully saturated rings. The molecule has 3 rings (SSSR count). The number of fused-ring (bicyclic) bond motifs is 3. The maximum atomic E-state index is 12.0. The number of allylic oxidation sites excluding steroid dienone is 2. The van der Waals surface area contributed by atoms with Gasteiger partial charge in [-0.2, -0.15) is 0 Å². The van der Waals surface area contributed by atoms with Crippen LogP contribution in [0.1, 0.15) is 33.6 Å². The van der Waals surface area contributed by atoms with E-state index in [0.29, 0.717) is 18.4 Å². The van der Waals surface area contributed by atoms with Gasteiger partial charge in [0.05, 0.1) is 0 Å². The van der Waals surface area contributed by atoms with Crippen molar-refractivity contribution in [1.29, 1.82) is 0 Å². The number of carbonyl (C=O) groups excluding carboxylic acids is 2. The molecule has 1 saturated carbocycles. The summed E-state index contributed by atoms with van der Waals surface area (Å²) in [6, 6.07) is 0. The fourth-order valence-corrected chi connectivity index (χ4v) is 3.98. The molecule has 0 unspecified atom stereocenters. The second-order valence-electron chi connectivity index (χ2n) is 6.23. The first-order chi connectivity index (χ1) is 9.39. The monoisotopic (exact) mass is 276 g/mol. The zero-order valence-electron chi connectivity index (χ0n) is 12.4. The second-order valence-corrected chi connectivity index (χ2v) is 6.23. The Kier molecular flexibility index (Phi) is 2.91. The van der Waals surface area contributed by atoms with E-state index in [0.717, 1.165) is 11.1 Å². The highest BCUT2D eigenvalue weighted by molar-refractivity contribution is 5.97. The van der Waals surface area contributed by atoms with Gasteiger partial charge in [-0.15, -0.1) is 0 Å². The molecule has 1 aliphatic heterocycles. The SMILES string of the molecule is CO[C@]12C[C@H](C)[C@@H]3CC(=O)C(C)=C[C@@H]3C1=C(C)C(=O)O2. The zero-order chi connectivity index (χ0) is 14.7. The summed E-state index contributed by atoms with van der Waals surface area (Å²) in [4.78, 5) is 24.0. The molecular weight excluding hydrogens is 256 g/mol. The zero-order valence-corrected chi connectivity index (χ0v) is 12.4. The predicted molar refractivity (Wildman–Crippen MR) is 72.7 cm³/mol. The number of Topliss-reactive ketones (excluding diaryl/α,β-unsaturated/α-hetero) is 1. The fraction of sp³-hybridized carbons (Fsp3) is 0.625. The normalized spacial score (nSPS) is 40.2. The molecular formula is C16H20O4. The first kappa shape index (κ1) is 13.6. The van der Waals surface area contributed by atoms with E-state index in [-0.39, 0.29) is 29.5 Å². The number of methoxy groups -OCH3 is 1. The molecule has 0 saturated heterocycles. The molecule has 0 N–H and O–H groups in total. The highest BCUT2D eigenvalue weighted by Gasteiger charge is 2.56. The summed E-state index contributed by atoms with van der Waals surface area (Å²) in [7, 11) is 1.59. The number of ketones is 1. The van der Waals surface area contributed by atoms with Crippen LogP contribution in [0.25, 0.3) is 0 Å². The van der Waals surface area contributed by atoms with E-state index in [1.165, 1.54) is 0 Å². The second kappa shape index (κ2) is 4.29. The smallest absolute Gasteiger partial charge is 0.336 e. The van der Waals surface area contributed by atoms with Crippen molar-refractivity contribution in [2.24, 2.45) is 17.8 Å². The van der Waals surface area contributed by atoms with Gasteiger partial charge in [-0.25, -0.2) is 4.79 Å². The van der Waals surface area contributed by atoms with Gasteiger partial charge in [-0.1, -0.05) is 13.0 Å². The Morgan fingerprint density at radius 2 is 2.05 bits per heavy atom. The van der Waals surface area contributed by atoms with Gasteiger partial charge < -0.3 is 9.47 Å². The average molecular weight is 276 g/mol. The van der Waals surface area contributed by atoms with Crippen molar-refractivity contribution in [1.82, 2.24) is 0 Å². The number of hydrogen-bond acceptors (Lipinski definition) is 4. The third-order valence-corrected chi connectivity index (χ3v) is 5.11. The summed E-state index contributed by atoms with van der Waals surface area (Å²) in [5.74, 6) is -0.407. The maximum Gasteiger partial charge on any atom is 0.336 e. The van der Waals surface area contributed by atoms with E-state index in [4.69, 9.17) is 9.47 Å². The Hall–Kier alpha value is -1.42. The van der Waals surface area contributed by atoms with Gasteiger partial charge in [0, 0.05) is 37.0 Å². The molecule has 0 radical (unpaired) electrons. The Bertz CT molecular complexity index is 557. The third-order valence-electron chi connectivity index (χ3n) is 5.11. The Morgan fingerprint density at radius 3 is 2.70 bits per heavy atom. The van der Waals surface area contributed by atoms with Crippen molar-refractivity contribution in [3.8, 4) is 0 Å². The van der Waals surface area contributed by atoms with Crippen LogP contribution < -0.4 is 0 Å². The lowest BCUT2D eigenvalue weighted by atomic mass is 9.62. The summed E-state index contributed by atoms with van der Waals surface area (Å²) in [5, 5.41) is 0. The number of rotatable bonds is 1. The summed E-state index contributed by atoms with van der Waals surface area (Å²) in [5.41, 5.74) is 2.36. The first-order valence-corrected chi connectivity index (χ1v) is 7.11. The van der Waals surface area contributed by atoms with E-state index in [1.54, 1.807) is 14.0 Å². The quantitative estimate of drug-likeness (QED) is 0.690. The first-order valence-electron chi connectivity index (χ1n) is 7.11. The lowest BCUT2D eigenvalue weighted by Crippen LogP contribution is -2.48. The summed E-state index contributed by atoms with van der Waals surface area (Å²) in [6.45, 7) is 5.75.